The van der Waals surface area contributed by atoms with Gasteiger partial charge in [0.2, 0.25) is 0 Å². The van der Waals surface area contributed by atoms with Gasteiger partial charge in [-0.1, -0.05) is 76.1 Å². The molecule has 0 aliphatic rings. The van der Waals surface area contributed by atoms with E-state index in [2.05, 4.69) is 78.8 Å². The number of aromatic nitrogens is 2. The van der Waals surface area contributed by atoms with E-state index < -0.39 is 0 Å². The highest BCUT2D eigenvalue weighted by Crippen LogP contribution is 2.32. The third-order valence-electron chi connectivity index (χ3n) is 6.96. The maximum Gasteiger partial charge on any atom is 0.140 e. The second-order valence-corrected chi connectivity index (χ2v) is 10.2. The molecule has 4 aromatic rings. The maximum absolute atomic E-state index is 13.9. The van der Waals surface area contributed by atoms with Crippen molar-refractivity contribution < 1.29 is 9.13 Å². The standard InChI is InChI=1S/C34H42FN3O/c1-4-7-22-37(25-27-14-20-31(21-15-27)39-24-6-3)26-32-33(28-16-18-30(35)19-17-28)36-34(38(32)23-8-5-2)29-12-10-9-11-13-29/h9-21H,4-8,22-26H2,1-3H3. The lowest BCUT2D eigenvalue weighted by atomic mass is 10.1. The summed E-state index contributed by atoms with van der Waals surface area (Å²) in [7, 11) is 0. The number of ether oxygens (including phenoxy) is 1. The Kier molecular flexibility index (Phi) is 10.7. The van der Waals surface area contributed by atoms with Crippen LogP contribution >= 0.6 is 0 Å². The molecule has 206 valence electrons. The summed E-state index contributed by atoms with van der Waals surface area (Å²) in [4.78, 5) is 7.73. The van der Waals surface area contributed by atoms with E-state index >= 15 is 0 Å². The number of hydrogen-bond acceptors (Lipinski definition) is 3. The number of imidazole rings is 1. The summed E-state index contributed by atoms with van der Waals surface area (Å²) in [6.45, 7) is 10.8. The monoisotopic (exact) mass is 527 g/mol. The van der Waals surface area contributed by atoms with Crippen molar-refractivity contribution in [1.82, 2.24) is 14.5 Å². The number of hydrogen-bond donors (Lipinski definition) is 0. The SMILES string of the molecule is CCCCN(Cc1ccc(OCCC)cc1)Cc1c(-c2ccc(F)cc2)nc(-c2ccccc2)n1CCCC. The minimum absolute atomic E-state index is 0.232. The molecule has 0 N–H and O–H groups in total. The molecule has 0 aliphatic carbocycles. The van der Waals surface area contributed by atoms with Gasteiger partial charge in [-0.2, -0.15) is 0 Å². The summed E-state index contributed by atoms with van der Waals surface area (Å²) >= 11 is 0. The third kappa shape index (κ3) is 7.79. The van der Waals surface area contributed by atoms with E-state index in [-0.39, 0.29) is 5.82 Å². The number of halogens is 1. The molecule has 5 heteroatoms. The average Bonchev–Trinajstić information content (AvgIpc) is 3.32. The summed E-state index contributed by atoms with van der Waals surface area (Å²) in [5, 5.41) is 0. The molecular weight excluding hydrogens is 485 g/mol. The predicted molar refractivity (Wildman–Crippen MR) is 159 cm³/mol. The van der Waals surface area contributed by atoms with Crippen LogP contribution in [0.2, 0.25) is 0 Å². The second-order valence-electron chi connectivity index (χ2n) is 10.2. The Labute approximate surface area is 233 Å². The van der Waals surface area contributed by atoms with Crippen molar-refractivity contribution in [3.8, 4) is 28.4 Å². The normalized spacial score (nSPS) is 11.3. The van der Waals surface area contributed by atoms with Gasteiger partial charge in [-0.25, -0.2) is 9.37 Å². The second kappa shape index (κ2) is 14.6. The molecule has 0 aliphatic heterocycles. The Balaban J connectivity index is 1.73. The lowest BCUT2D eigenvalue weighted by molar-refractivity contribution is 0.246. The van der Waals surface area contributed by atoms with Crippen LogP contribution in [0.4, 0.5) is 4.39 Å². The van der Waals surface area contributed by atoms with Crippen LogP contribution in [0.25, 0.3) is 22.6 Å². The number of nitrogens with zero attached hydrogens (tertiary/aromatic N) is 3. The molecule has 0 radical (unpaired) electrons. The first-order chi connectivity index (χ1) is 19.1. The van der Waals surface area contributed by atoms with Crippen LogP contribution in [0.1, 0.15) is 64.1 Å². The van der Waals surface area contributed by atoms with Crippen LogP contribution < -0.4 is 4.74 Å². The Morgan fingerprint density at radius 2 is 1.49 bits per heavy atom. The lowest BCUT2D eigenvalue weighted by Gasteiger charge is -2.24. The van der Waals surface area contributed by atoms with Crippen molar-refractivity contribution in [2.24, 2.45) is 0 Å². The fourth-order valence-corrected chi connectivity index (χ4v) is 4.83. The fourth-order valence-electron chi connectivity index (χ4n) is 4.83. The Hall–Kier alpha value is -3.44. The van der Waals surface area contributed by atoms with E-state index in [0.717, 1.165) is 93.3 Å². The van der Waals surface area contributed by atoms with Crippen molar-refractivity contribution in [3.05, 3.63) is 95.9 Å². The molecule has 3 aromatic carbocycles. The van der Waals surface area contributed by atoms with Gasteiger partial charge < -0.3 is 9.30 Å². The molecule has 0 amide bonds. The summed E-state index contributed by atoms with van der Waals surface area (Å²) in [5.41, 5.74) is 5.45. The van der Waals surface area contributed by atoms with Crippen LogP contribution in [0.5, 0.6) is 5.75 Å². The van der Waals surface area contributed by atoms with Crippen molar-refractivity contribution >= 4 is 0 Å². The van der Waals surface area contributed by atoms with E-state index in [0.29, 0.717) is 0 Å². The zero-order valence-electron chi connectivity index (χ0n) is 23.7. The molecule has 0 spiro atoms. The van der Waals surface area contributed by atoms with Crippen molar-refractivity contribution in [2.75, 3.05) is 13.2 Å². The van der Waals surface area contributed by atoms with Gasteiger partial charge in [-0.05, 0) is 67.8 Å². The van der Waals surface area contributed by atoms with Crippen molar-refractivity contribution in [3.63, 3.8) is 0 Å². The van der Waals surface area contributed by atoms with E-state index in [9.17, 15) is 4.39 Å². The van der Waals surface area contributed by atoms with Crippen LogP contribution in [-0.2, 0) is 19.6 Å². The molecule has 39 heavy (non-hydrogen) atoms. The first-order valence-corrected chi connectivity index (χ1v) is 14.5. The zero-order valence-corrected chi connectivity index (χ0v) is 23.7. The van der Waals surface area contributed by atoms with Crippen molar-refractivity contribution in [2.45, 2.75) is 72.5 Å². The highest BCUT2D eigenvalue weighted by atomic mass is 19.1. The highest BCUT2D eigenvalue weighted by molar-refractivity contribution is 5.68. The van der Waals surface area contributed by atoms with Gasteiger partial charge in [0.1, 0.15) is 17.4 Å². The molecule has 1 heterocycles. The fraction of sp³-hybridized carbons (Fsp3) is 0.382. The van der Waals surface area contributed by atoms with E-state index in [4.69, 9.17) is 9.72 Å². The molecule has 0 saturated heterocycles. The minimum Gasteiger partial charge on any atom is -0.494 e. The topological polar surface area (TPSA) is 30.3 Å². The molecule has 0 atom stereocenters. The van der Waals surface area contributed by atoms with Crippen LogP contribution in [0, 0.1) is 5.82 Å². The Morgan fingerprint density at radius 3 is 2.15 bits per heavy atom. The molecule has 0 saturated carbocycles. The van der Waals surface area contributed by atoms with Gasteiger partial charge in [0.25, 0.3) is 0 Å². The summed E-state index contributed by atoms with van der Waals surface area (Å²) in [6, 6.07) is 25.7. The Morgan fingerprint density at radius 1 is 0.769 bits per heavy atom. The molecule has 0 unspecified atom stereocenters. The molecular formula is C34H42FN3O. The highest BCUT2D eigenvalue weighted by Gasteiger charge is 2.22. The Bertz CT molecular complexity index is 1270. The number of rotatable bonds is 15. The largest absolute Gasteiger partial charge is 0.494 e. The quantitative estimate of drug-likeness (QED) is 0.155. The van der Waals surface area contributed by atoms with Crippen LogP contribution in [0.15, 0.2) is 78.9 Å². The smallest absolute Gasteiger partial charge is 0.140 e. The van der Waals surface area contributed by atoms with E-state index in [1.807, 2.05) is 18.2 Å². The van der Waals surface area contributed by atoms with E-state index in [1.165, 1.54) is 23.4 Å². The molecule has 0 fully saturated rings. The van der Waals surface area contributed by atoms with E-state index in [1.54, 1.807) is 0 Å². The van der Waals surface area contributed by atoms with Gasteiger partial charge >= 0.3 is 0 Å². The summed E-state index contributed by atoms with van der Waals surface area (Å²) in [6.07, 6.45) is 5.43. The molecule has 0 bridgehead atoms. The van der Waals surface area contributed by atoms with Gasteiger partial charge in [-0.15, -0.1) is 0 Å². The third-order valence-corrected chi connectivity index (χ3v) is 6.96. The molecule has 1 aromatic heterocycles. The lowest BCUT2D eigenvalue weighted by Crippen LogP contribution is -2.26. The molecule has 4 rings (SSSR count). The average molecular weight is 528 g/mol. The minimum atomic E-state index is -0.232. The van der Waals surface area contributed by atoms with Gasteiger partial charge in [-0.3, -0.25) is 4.90 Å². The predicted octanol–water partition coefficient (Wildman–Crippen LogP) is 8.75. The van der Waals surface area contributed by atoms with Crippen LogP contribution in [-0.4, -0.2) is 27.6 Å². The first-order valence-electron chi connectivity index (χ1n) is 14.5. The van der Waals surface area contributed by atoms with Crippen molar-refractivity contribution in [1.29, 1.82) is 0 Å². The van der Waals surface area contributed by atoms with Gasteiger partial charge in [0.15, 0.2) is 0 Å². The number of unbranched alkanes of at least 4 members (excludes halogenated alkanes) is 2. The van der Waals surface area contributed by atoms with Gasteiger partial charge in [0, 0.05) is 30.8 Å². The summed E-state index contributed by atoms with van der Waals surface area (Å²) < 4.78 is 22.1. The maximum atomic E-state index is 13.9. The zero-order chi connectivity index (χ0) is 27.5. The number of benzene rings is 3. The summed E-state index contributed by atoms with van der Waals surface area (Å²) in [5.74, 6) is 1.67. The molecule has 4 nitrogen and oxygen atoms in total. The van der Waals surface area contributed by atoms with Crippen LogP contribution in [0.3, 0.4) is 0 Å². The van der Waals surface area contributed by atoms with Gasteiger partial charge in [0.05, 0.1) is 18.0 Å². The first kappa shape index (κ1) is 28.6.